The van der Waals surface area contributed by atoms with E-state index in [0.29, 0.717) is 11.8 Å². The molecule has 1 fully saturated rings. The second kappa shape index (κ2) is 5.19. The van der Waals surface area contributed by atoms with Gasteiger partial charge in [-0.25, -0.2) is 0 Å². The van der Waals surface area contributed by atoms with E-state index in [4.69, 9.17) is 14.9 Å². The summed E-state index contributed by atoms with van der Waals surface area (Å²) in [6.45, 7) is 1.05. The number of rotatable bonds is 3. The van der Waals surface area contributed by atoms with Crippen LogP contribution < -0.4 is 9.47 Å². The molecule has 0 unspecified atom stereocenters. The first-order valence-corrected chi connectivity index (χ1v) is 7.30. The van der Waals surface area contributed by atoms with Crippen molar-refractivity contribution >= 4 is 5.71 Å². The molecule has 0 spiro atoms. The lowest BCUT2D eigenvalue weighted by molar-refractivity contribution is 0.273. The molecule has 1 aliphatic carbocycles. The predicted octanol–water partition coefficient (Wildman–Crippen LogP) is 2.63. The Morgan fingerprint density at radius 1 is 1.24 bits per heavy atom. The van der Waals surface area contributed by atoms with Gasteiger partial charge < -0.3 is 19.8 Å². The van der Waals surface area contributed by atoms with Crippen molar-refractivity contribution in [1.29, 1.82) is 5.41 Å². The standard InChI is InChI=1S/C17H22N2O2/c1-19-9-8-17(7-6-13(18)11-16(17)19)12-4-5-14(20-2)15(10-12)21-3/h4-7,10,16,18H,8-9,11H2,1-3H3/t16-,17-/m0/s1. The van der Waals surface area contributed by atoms with E-state index in [-0.39, 0.29) is 5.41 Å². The molecule has 0 aromatic heterocycles. The van der Waals surface area contributed by atoms with Crippen molar-refractivity contribution in [3.05, 3.63) is 35.9 Å². The molecule has 0 radical (unpaired) electrons. The molecule has 1 aromatic rings. The highest BCUT2D eigenvalue weighted by molar-refractivity contribution is 5.94. The van der Waals surface area contributed by atoms with E-state index in [9.17, 15) is 0 Å². The fourth-order valence-corrected chi connectivity index (χ4v) is 3.69. The van der Waals surface area contributed by atoms with Gasteiger partial charge in [0.05, 0.1) is 14.2 Å². The third-order valence-electron chi connectivity index (χ3n) is 4.92. The lowest BCUT2D eigenvalue weighted by Gasteiger charge is -2.38. The maximum absolute atomic E-state index is 7.96. The topological polar surface area (TPSA) is 45.5 Å². The first-order valence-electron chi connectivity index (χ1n) is 7.30. The van der Waals surface area contributed by atoms with Crippen molar-refractivity contribution in [3.63, 3.8) is 0 Å². The Hall–Kier alpha value is -1.81. The molecule has 0 amide bonds. The van der Waals surface area contributed by atoms with Crippen LogP contribution in [0.15, 0.2) is 30.4 Å². The highest BCUT2D eigenvalue weighted by Crippen LogP contribution is 2.46. The van der Waals surface area contributed by atoms with E-state index in [2.05, 4.69) is 30.2 Å². The zero-order valence-corrected chi connectivity index (χ0v) is 12.8. The van der Waals surface area contributed by atoms with Gasteiger partial charge in [0.1, 0.15) is 0 Å². The SMILES string of the molecule is COc1ccc([C@@]23C=CC(=N)C[C@@H]2N(C)CC3)cc1OC. The van der Waals surface area contributed by atoms with Crippen LogP contribution in [-0.2, 0) is 5.41 Å². The van der Waals surface area contributed by atoms with E-state index in [0.717, 1.165) is 30.9 Å². The number of likely N-dealkylation sites (tertiary alicyclic amines) is 1. The normalized spacial score (nSPS) is 28.5. The summed E-state index contributed by atoms with van der Waals surface area (Å²) < 4.78 is 10.8. The molecule has 1 aromatic carbocycles. The number of fused-ring (bicyclic) bond motifs is 1. The maximum atomic E-state index is 7.96. The van der Waals surface area contributed by atoms with Gasteiger partial charge in [-0.15, -0.1) is 0 Å². The second-order valence-corrected chi connectivity index (χ2v) is 5.92. The molecule has 2 aliphatic rings. The third-order valence-corrected chi connectivity index (χ3v) is 4.92. The second-order valence-electron chi connectivity index (χ2n) is 5.92. The van der Waals surface area contributed by atoms with Gasteiger partial charge in [-0.2, -0.15) is 0 Å². The molecule has 4 heteroatoms. The number of nitrogens with zero attached hydrogens (tertiary/aromatic N) is 1. The van der Waals surface area contributed by atoms with Crippen LogP contribution in [0.4, 0.5) is 0 Å². The number of benzene rings is 1. The minimum Gasteiger partial charge on any atom is -0.493 e. The highest BCUT2D eigenvalue weighted by atomic mass is 16.5. The van der Waals surface area contributed by atoms with Gasteiger partial charge in [0, 0.05) is 23.6 Å². The van der Waals surface area contributed by atoms with Gasteiger partial charge in [-0.05, 0) is 43.8 Å². The van der Waals surface area contributed by atoms with Crippen LogP contribution in [0.25, 0.3) is 0 Å². The van der Waals surface area contributed by atoms with E-state index in [1.54, 1.807) is 14.2 Å². The molecule has 112 valence electrons. The molecular formula is C17H22N2O2. The Labute approximate surface area is 125 Å². The summed E-state index contributed by atoms with van der Waals surface area (Å²) in [5.41, 5.74) is 1.95. The van der Waals surface area contributed by atoms with E-state index < -0.39 is 0 Å². The van der Waals surface area contributed by atoms with E-state index in [1.165, 1.54) is 5.56 Å². The van der Waals surface area contributed by atoms with Crippen LogP contribution in [0.5, 0.6) is 11.5 Å². The maximum Gasteiger partial charge on any atom is 0.161 e. The van der Waals surface area contributed by atoms with Crippen molar-refractivity contribution in [2.24, 2.45) is 0 Å². The predicted molar refractivity (Wildman–Crippen MR) is 83.7 cm³/mol. The van der Waals surface area contributed by atoms with Crippen LogP contribution in [0.2, 0.25) is 0 Å². The molecule has 0 saturated carbocycles. The Morgan fingerprint density at radius 2 is 2.00 bits per heavy atom. The summed E-state index contributed by atoms with van der Waals surface area (Å²) in [7, 11) is 5.48. The number of methoxy groups -OCH3 is 2. The van der Waals surface area contributed by atoms with Crippen molar-refractivity contribution < 1.29 is 9.47 Å². The molecule has 1 N–H and O–H groups in total. The highest BCUT2D eigenvalue weighted by Gasteiger charge is 2.47. The molecule has 3 rings (SSSR count). The summed E-state index contributed by atoms with van der Waals surface area (Å²) in [6.07, 6.45) is 6.06. The Kier molecular flexibility index (Phi) is 3.49. The minimum atomic E-state index is -0.0150. The molecule has 2 atom stereocenters. The van der Waals surface area contributed by atoms with Crippen LogP contribution in [0.3, 0.4) is 0 Å². The van der Waals surface area contributed by atoms with Gasteiger partial charge in [-0.3, -0.25) is 0 Å². The largest absolute Gasteiger partial charge is 0.493 e. The summed E-state index contributed by atoms with van der Waals surface area (Å²) in [4.78, 5) is 2.37. The molecule has 1 heterocycles. The van der Waals surface area contributed by atoms with Crippen LogP contribution >= 0.6 is 0 Å². The fourth-order valence-electron chi connectivity index (χ4n) is 3.69. The quantitative estimate of drug-likeness (QED) is 0.929. The average Bonchev–Trinajstić information content (AvgIpc) is 2.85. The monoisotopic (exact) mass is 286 g/mol. The average molecular weight is 286 g/mol. The summed E-state index contributed by atoms with van der Waals surface area (Å²) in [5.74, 6) is 1.53. The van der Waals surface area contributed by atoms with Gasteiger partial charge in [0.2, 0.25) is 0 Å². The molecule has 21 heavy (non-hydrogen) atoms. The zero-order chi connectivity index (χ0) is 15.0. The zero-order valence-electron chi connectivity index (χ0n) is 12.8. The molecule has 1 saturated heterocycles. The number of hydrogen-bond acceptors (Lipinski definition) is 4. The van der Waals surface area contributed by atoms with Gasteiger partial charge >= 0.3 is 0 Å². The van der Waals surface area contributed by atoms with Gasteiger partial charge in [0.15, 0.2) is 11.5 Å². The lowest BCUT2D eigenvalue weighted by Crippen LogP contribution is -2.43. The Balaban J connectivity index is 2.09. The minimum absolute atomic E-state index is 0.0150. The number of allylic oxidation sites excluding steroid dienone is 1. The van der Waals surface area contributed by atoms with Crippen molar-refractivity contribution in [1.82, 2.24) is 4.90 Å². The van der Waals surface area contributed by atoms with Gasteiger partial charge in [0.25, 0.3) is 0 Å². The van der Waals surface area contributed by atoms with Crippen molar-refractivity contribution in [2.45, 2.75) is 24.3 Å². The van der Waals surface area contributed by atoms with E-state index >= 15 is 0 Å². The molecule has 0 bridgehead atoms. The molecule has 4 nitrogen and oxygen atoms in total. The lowest BCUT2D eigenvalue weighted by atomic mass is 9.69. The number of nitrogens with one attached hydrogen (secondary N) is 1. The Morgan fingerprint density at radius 3 is 2.71 bits per heavy atom. The van der Waals surface area contributed by atoms with Crippen molar-refractivity contribution in [2.75, 3.05) is 27.8 Å². The van der Waals surface area contributed by atoms with Crippen molar-refractivity contribution in [3.8, 4) is 11.5 Å². The van der Waals surface area contributed by atoms with Crippen LogP contribution in [0.1, 0.15) is 18.4 Å². The third kappa shape index (κ3) is 2.14. The summed E-state index contributed by atoms with van der Waals surface area (Å²) in [6, 6.07) is 6.55. The fraction of sp³-hybridized carbons (Fsp3) is 0.471. The molecule has 1 aliphatic heterocycles. The first-order chi connectivity index (χ1) is 10.1. The van der Waals surface area contributed by atoms with Crippen LogP contribution in [-0.4, -0.2) is 44.5 Å². The smallest absolute Gasteiger partial charge is 0.161 e. The number of hydrogen-bond donors (Lipinski definition) is 1. The van der Waals surface area contributed by atoms with E-state index in [1.807, 2.05) is 12.1 Å². The Bertz CT molecular complexity index is 596. The molecular weight excluding hydrogens is 264 g/mol. The summed E-state index contributed by atoms with van der Waals surface area (Å²) >= 11 is 0. The summed E-state index contributed by atoms with van der Waals surface area (Å²) in [5, 5.41) is 7.96. The number of likely N-dealkylation sites (N-methyl/N-ethyl adjacent to an activating group) is 1. The van der Waals surface area contributed by atoms with Gasteiger partial charge in [-0.1, -0.05) is 12.1 Å². The van der Waals surface area contributed by atoms with Crippen LogP contribution in [0, 0.1) is 5.41 Å². The number of ether oxygens (including phenoxy) is 2. The first kappa shape index (κ1) is 14.1.